The first-order valence-electron chi connectivity index (χ1n) is 6.80. The minimum atomic E-state index is -2.94. The number of piperidine rings is 1. The lowest BCUT2D eigenvalue weighted by atomic mass is 9.94. The number of halogens is 3. The Bertz CT molecular complexity index is 558. The molecule has 1 aliphatic heterocycles. The highest BCUT2D eigenvalue weighted by Crippen LogP contribution is 2.27. The van der Waals surface area contributed by atoms with Crippen LogP contribution in [0.2, 0.25) is 5.02 Å². The maximum absolute atomic E-state index is 14.2. The van der Waals surface area contributed by atoms with Gasteiger partial charge in [0.15, 0.2) is 0 Å². The van der Waals surface area contributed by atoms with Crippen molar-refractivity contribution >= 4 is 17.5 Å². The topological polar surface area (TPSA) is 40.5 Å². The SMILES string of the molecule is [2H]C([2H])(O)C1(F)CCN(C(=O)c2ccc(F)c(Cl)c2)CC1. The Morgan fingerprint density at radius 3 is 2.68 bits per heavy atom. The number of aliphatic hydroxyl groups is 1. The maximum atomic E-state index is 14.2. The van der Waals surface area contributed by atoms with Crippen molar-refractivity contribution in [3.8, 4) is 0 Å². The highest BCUT2D eigenvalue weighted by Gasteiger charge is 2.35. The molecule has 0 aromatic heterocycles. The van der Waals surface area contributed by atoms with Crippen LogP contribution in [-0.4, -0.2) is 41.2 Å². The molecule has 0 atom stereocenters. The standard InChI is InChI=1S/C13H14ClF2NO2/c14-10-7-9(1-2-11(10)15)12(19)17-5-3-13(16,8-18)4-6-17/h1-2,7,18H,3-6,8H2/i8D2. The van der Waals surface area contributed by atoms with Gasteiger partial charge in [-0.2, -0.15) is 0 Å². The summed E-state index contributed by atoms with van der Waals surface area (Å²) < 4.78 is 41.5. The number of hydrogen-bond acceptors (Lipinski definition) is 2. The molecule has 19 heavy (non-hydrogen) atoms. The Morgan fingerprint density at radius 2 is 2.16 bits per heavy atom. The van der Waals surface area contributed by atoms with Crippen molar-refractivity contribution in [3.05, 3.63) is 34.6 Å². The fourth-order valence-electron chi connectivity index (χ4n) is 1.99. The molecule has 104 valence electrons. The van der Waals surface area contributed by atoms with E-state index in [1.54, 1.807) is 0 Å². The van der Waals surface area contributed by atoms with E-state index in [1.807, 2.05) is 0 Å². The molecule has 1 aromatic carbocycles. The maximum Gasteiger partial charge on any atom is 0.253 e. The van der Waals surface area contributed by atoms with Gasteiger partial charge in [0.05, 0.1) is 14.3 Å². The van der Waals surface area contributed by atoms with E-state index in [1.165, 1.54) is 17.0 Å². The van der Waals surface area contributed by atoms with Crippen molar-refractivity contribution in [3.63, 3.8) is 0 Å². The first-order chi connectivity index (χ1) is 9.64. The average molecular weight is 292 g/mol. The number of rotatable bonds is 2. The zero-order chi connectivity index (χ0) is 15.8. The third kappa shape index (κ3) is 3.04. The van der Waals surface area contributed by atoms with E-state index in [2.05, 4.69) is 0 Å². The van der Waals surface area contributed by atoms with Crippen LogP contribution in [0, 0.1) is 5.82 Å². The molecule has 0 unspecified atom stereocenters. The van der Waals surface area contributed by atoms with Gasteiger partial charge in [-0.1, -0.05) is 11.6 Å². The van der Waals surface area contributed by atoms with Crippen LogP contribution in [0.1, 0.15) is 25.9 Å². The Balaban J connectivity index is 2.08. The van der Waals surface area contributed by atoms with Crippen LogP contribution in [0.15, 0.2) is 18.2 Å². The summed E-state index contributed by atoms with van der Waals surface area (Å²) in [6.07, 6.45) is -0.617. The molecule has 3 nitrogen and oxygen atoms in total. The first kappa shape index (κ1) is 11.6. The summed E-state index contributed by atoms with van der Waals surface area (Å²) in [5.74, 6) is -1.07. The molecule has 1 fully saturated rings. The van der Waals surface area contributed by atoms with E-state index in [0.717, 1.165) is 6.07 Å². The summed E-state index contributed by atoms with van der Waals surface area (Å²) in [7, 11) is 0. The normalized spacial score (nSPS) is 20.7. The zero-order valence-corrected chi connectivity index (χ0v) is 10.8. The smallest absolute Gasteiger partial charge is 0.253 e. The molecule has 0 bridgehead atoms. The molecule has 0 aliphatic carbocycles. The third-order valence-electron chi connectivity index (χ3n) is 3.21. The van der Waals surface area contributed by atoms with Crippen molar-refractivity contribution in [2.75, 3.05) is 19.6 Å². The van der Waals surface area contributed by atoms with Gasteiger partial charge in [-0.3, -0.25) is 4.79 Å². The fraction of sp³-hybridized carbons (Fsp3) is 0.462. The van der Waals surface area contributed by atoms with Gasteiger partial charge in [-0.25, -0.2) is 8.78 Å². The Morgan fingerprint density at radius 1 is 1.53 bits per heavy atom. The van der Waals surface area contributed by atoms with Crippen molar-refractivity contribution in [1.82, 2.24) is 4.90 Å². The predicted octanol–water partition coefficient (Wildman–Crippen LogP) is 2.42. The molecular weight excluding hydrogens is 276 g/mol. The number of amides is 1. The van der Waals surface area contributed by atoms with Crippen LogP contribution < -0.4 is 0 Å². The molecule has 0 spiro atoms. The molecule has 0 saturated carbocycles. The zero-order valence-electron chi connectivity index (χ0n) is 12.0. The molecular formula is C13H14ClF2NO2. The Kier molecular flexibility index (Phi) is 3.32. The van der Waals surface area contributed by atoms with E-state index < -0.39 is 24.0 Å². The monoisotopic (exact) mass is 291 g/mol. The number of hydrogen-bond donors (Lipinski definition) is 1. The average Bonchev–Trinajstić information content (AvgIpc) is 2.41. The summed E-state index contributed by atoms with van der Waals surface area (Å²) in [5.41, 5.74) is -2.19. The quantitative estimate of drug-likeness (QED) is 0.909. The summed E-state index contributed by atoms with van der Waals surface area (Å²) in [6, 6.07) is 3.55. The fourth-order valence-corrected chi connectivity index (χ4v) is 2.17. The Labute approximate surface area is 117 Å². The van der Waals surface area contributed by atoms with Crippen molar-refractivity contribution < 1.29 is 21.4 Å². The van der Waals surface area contributed by atoms with Crippen molar-refractivity contribution in [1.29, 1.82) is 0 Å². The van der Waals surface area contributed by atoms with Crippen molar-refractivity contribution in [2.24, 2.45) is 0 Å². The van der Waals surface area contributed by atoms with Crippen LogP contribution in [0.3, 0.4) is 0 Å². The third-order valence-corrected chi connectivity index (χ3v) is 3.50. The van der Waals surface area contributed by atoms with Gasteiger partial charge < -0.3 is 10.0 Å². The second-order valence-corrected chi connectivity index (χ2v) is 4.91. The van der Waals surface area contributed by atoms with Gasteiger partial charge in [-0.15, -0.1) is 0 Å². The highest BCUT2D eigenvalue weighted by atomic mass is 35.5. The minimum absolute atomic E-state index is 0.0373. The molecule has 6 heteroatoms. The number of alkyl halides is 1. The number of likely N-dealkylation sites (tertiary alicyclic amines) is 1. The molecule has 2 rings (SSSR count). The van der Waals surface area contributed by atoms with Crippen LogP contribution in [-0.2, 0) is 0 Å². The summed E-state index contributed by atoms with van der Waals surface area (Å²) in [6.45, 7) is -3.02. The molecule has 1 amide bonds. The van der Waals surface area contributed by atoms with Crippen LogP contribution >= 0.6 is 11.6 Å². The number of carbonyl (C=O) groups excluding carboxylic acids is 1. The molecule has 0 radical (unpaired) electrons. The van der Waals surface area contributed by atoms with E-state index in [0.29, 0.717) is 0 Å². The second kappa shape index (κ2) is 5.43. The Hall–Kier alpha value is -1.20. The molecule has 1 heterocycles. The number of nitrogens with zero attached hydrogens (tertiary/aromatic N) is 1. The van der Waals surface area contributed by atoms with Crippen LogP contribution in [0.4, 0.5) is 8.78 Å². The lowest BCUT2D eigenvalue weighted by molar-refractivity contribution is 0.00992. The number of benzene rings is 1. The van der Waals surface area contributed by atoms with Crippen LogP contribution in [0.25, 0.3) is 0 Å². The lowest BCUT2D eigenvalue weighted by Crippen LogP contribution is -2.46. The van der Waals surface area contributed by atoms with E-state index in [4.69, 9.17) is 14.3 Å². The van der Waals surface area contributed by atoms with Gasteiger partial charge in [0.25, 0.3) is 5.91 Å². The van der Waals surface area contributed by atoms with E-state index in [-0.39, 0.29) is 36.5 Å². The highest BCUT2D eigenvalue weighted by molar-refractivity contribution is 6.31. The largest absolute Gasteiger partial charge is 0.393 e. The summed E-state index contributed by atoms with van der Waals surface area (Å²) in [5, 5.41) is 9.03. The molecule has 1 aromatic rings. The van der Waals surface area contributed by atoms with Gasteiger partial charge in [-0.05, 0) is 18.2 Å². The van der Waals surface area contributed by atoms with E-state index >= 15 is 0 Å². The summed E-state index contributed by atoms with van der Waals surface area (Å²) in [4.78, 5) is 13.5. The van der Waals surface area contributed by atoms with E-state index in [9.17, 15) is 18.7 Å². The van der Waals surface area contributed by atoms with Gasteiger partial charge in [0.2, 0.25) is 0 Å². The second-order valence-electron chi connectivity index (χ2n) is 4.50. The van der Waals surface area contributed by atoms with Gasteiger partial charge in [0.1, 0.15) is 11.5 Å². The van der Waals surface area contributed by atoms with Crippen molar-refractivity contribution in [2.45, 2.75) is 18.5 Å². The number of carbonyl (C=O) groups is 1. The van der Waals surface area contributed by atoms with Crippen LogP contribution in [0.5, 0.6) is 0 Å². The van der Waals surface area contributed by atoms with Gasteiger partial charge in [0, 0.05) is 31.5 Å². The summed E-state index contributed by atoms with van der Waals surface area (Å²) >= 11 is 5.61. The molecule has 1 N–H and O–H groups in total. The lowest BCUT2D eigenvalue weighted by Gasteiger charge is -2.35. The first-order valence-corrected chi connectivity index (χ1v) is 6.17. The molecule has 1 saturated heterocycles. The molecule has 1 aliphatic rings. The predicted molar refractivity (Wildman–Crippen MR) is 67.5 cm³/mol. The minimum Gasteiger partial charge on any atom is -0.393 e. The van der Waals surface area contributed by atoms with Gasteiger partial charge >= 0.3 is 0 Å².